The van der Waals surface area contributed by atoms with Crippen LogP contribution in [0.25, 0.3) is 10.2 Å². The van der Waals surface area contributed by atoms with E-state index in [4.69, 9.17) is 4.74 Å². The zero-order valence-corrected chi connectivity index (χ0v) is 14.8. The second-order valence-electron chi connectivity index (χ2n) is 5.12. The molecule has 0 amide bonds. The Bertz CT molecular complexity index is 1030. The van der Waals surface area contributed by atoms with Gasteiger partial charge in [0.05, 0.1) is 27.4 Å². The average Bonchev–Trinajstić information content (AvgIpc) is 2.82. The quantitative estimate of drug-likeness (QED) is 0.755. The van der Waals surface area contributed by atoms with Gasteiger partial charge in [0.25, 0.3) is 10.0 Å². The van der Waals surface area contributed by atoms with Crippen LogP contribution in [0.2, 0.25) is 0 Å². The predicted molar refractivity (Wildman–Crippen MR) is 95.5 cm³/mol. The number of thiazole rings is 1. The number of benzene rings is 2. The summed E-state index contributed by atoms with van der Waals surface area (Å²) in [5.74, 6) is 0.618. The van der Waals surface area contributed by atoms with Crippen molar-refractivity contribution < 1.29 is 13.2 Å². The van der Waals surface area contributed by atoms with Crippen LogP contribution in [-0.4, -0.2) is 19.6 Å². The van der Waals surface area contributed by atoms with Gasteiger partial charge in [-0.1, -0.05) is 11.3 Å². The second kappa shape index (κ2) is 6.29. The third-order valence-electron chi connectivity index (χ3n) is 3.49. The molecule has 0 aliphatic rings. The Morgan fingerprint density at radius 1 is 1.17 bits per heavy atom. The predicted octanol–water partition coefficient (Wildman–Crippen LogP) is 2.80. The van der Waals surface area contributed by atoms with Gasteiger partial charge in [-0.15, -0.1) is 0 Å². The Balaban J connectivity index is 1.89. The molecule has 3 rings (SSSR count). The van der Waals surface area contributed by atoms with Crippen molar-refractivity contribution in [2.24, 2.45) is 7.05 Å². The molecule has 0 saturated heterocycles. The van der Waals surface area contributed by atoms with Gasteiger partial charge in [0.15, 0.2) is 0 Å². The van der Waals surface area contributed by atoms with Crippen molar-refractivity contribution in [1.29, 1.82) is 0 Å². The largest absolute Gasteiger partial charge is 0.494 e. The molecule has 8 heteroatoms. The van der Waals surface area contributed by atoms with Gasteiger partial charge in [-0.05, 0) is 49.4 Å². The monoisotopic (exact) mass is 364 g/mol. The summed E-state index contributed by atoms with van der Waals surface area (Å²) in [6.45, 7) is 2.38. The minimum atomic E-state index is -3.70. The summed E-state index contributed by atoms with van der Waals surface area (Å²) in [5.41, 5.74) is 1.19. The molecule has 1 heterocycles. The van der Waals surface area contributed by atoms with Gasteiger partial charge in [0, 0.05) is 7.05 Å². The third kappa shape index (κ3) is 3.15. The summed E-state index contributed by atoms with van der Waals surface area (Å²) in [7, 11) is -2.02. The smallest absolute Gasteiger partial charge is 0.307 e. The van der Waals surface area contributed by atoms with Crippen LogP contribution < -0.4 is 14.3 Å². The van der Waals surface area contributed by atoms with Crippen LogP contribution in [0.15, 0.2) is 52.2 Å². The topological polar surface area (TPSA) is 77.4 Å². The van der Waals surface area contributed by atoms with Gasteiger partial charge in [-0.3, -0.25) is 9.52 Å². The van der Waals surface area contributed by atoms with E-state index in [-0.39, 0.29) is 9.77 Å². The number of aryl methyl sites for hydroxylation is 1. The highest BCUT2D eigenvalue weighted by molar-refractivity contribution is 7.92. The molecular formula is C16H16N2O4S2. The maximum atomic E-state index is 12.5. The van der Waals surface area contributed by atoms with E-state index in [2.05, 4.69) is 4.72 Å². The maximum Gasteiger partial charge on any atom is 0.307 e. The number of sulfonamides is 1. The molecule has 6 nitrogen and oxygen atoms in total. The van der Waals surface area contributed by atoms with Crippen LogP contribution in [-0.2, 0) is 17.1 Å². The highest BCUT2D eigenvalue weighted by Crippen LogP contribution is 2.24. The molecule has 0 unspecified atom stereocenters. The number of hydrogen-bond acceptors (Lipinski definition) is 5. The molecule has 0 aliphatic heterocycles. The molecule has 126 valence electrons. The van der Waals surface area contributed by atoms with Gasteiger partial charge in [-0.2, -0.15) is 0 Å². The number of nitrogens with one attached hydrogen (secondary N) is 1. The zero-order valence-electron chi connectivity index (χ0n) is 13.1. The van der Waals surface area contributed by atoms with E-state index in [1.54, 1.807) is 37.4 Å². The third-order valence-corrected chi connectivity index (χ3v) is 5.88. The first kappa shape index (κ1) is 16.5. The number of ether oxygens (including phenoxy) is 1. The Morgan fingerprint density at radius 2 is 1.88 bits per heavy atom. The fraction of sp³-hybridized carbons (Fsp3) is 0.188. The molecule has 0 bridgehead atoms. The minimum absolute atomic E-state index is 0.0866. The molecule has 0 fully saturated rings. The van der Waals surface area contributed by atoms with E-state index in [9.17, 15) is 13.2 Å². The summed E-state index contributed by atoms with van der Waals surface area (Å²) in [5, 5.41) is 0. The molecular weight excluding hydrogens is 348 g/mol. The normalized spacial score (nSPS) is 11.6. The van der Waals surface area contributed by atoms with E-state index < -0.39 is 10.0 Å². The lowest BCUT2D eigenvalue weighted by molar-refractivity contribution is 0.340. The van der Waals surface area contributed by atoms with Crippen molar-refractivity contribution in [3.05, 3.63) is 52.1 Å². The van der Waals surface area contributed by atoms with Crippen LogP contribution in [0.4, 0.5) is 5.69 Å². The van der Waals surface area contributed by atoms with Crippen LogP contribution in [0.1, 0.15) is 6.92 Å². The minimum Gasteiger partial charge on any atom is -0.494 e. The highest BCUT2D eigenvalue weighted by Gasteiger charge is 2.15. The van der Waals surface area contributed by atoms with Crippen molar-refractivity contribution in [1.82, 2.24) is 4.57 Å². The fourth-order valence-corrected chi connectivity index (χ4v) is 4.26. The highest BCUT2D eigenvalue weighted by atomic mass is 32.2. The summed E-state index contributed by atoms with van der Waals surface area (Å²) < 4.78 is 35.0. The number of aromatic nitrogens is 1. The van der Waals surface area contributed by atoms with Crippen molar-refractivity contribution in [2.75, 3.05) is 11.3 Å². The Kier molecular flexibility index (Phi) is 4.33. The van der Waals surface area contributed by atoms with E-state index in [0.29, 0.717) is 18.0 Å². The summed E-state index contributed by atoms with van der Waals surface area (Å²) in [4.78, 5) is 11.7. The number of hydrogen-bond donors (Lipinski definition) is 1. The van der Waals surface area contributed by atoms with E-state index >= 15 is 0 Å². The Morgan fingerprint density at radius 3 is 2.54 bits per heavy atom. The first-order valence-electron chi connectivity index (χ1n) is 7.26. The first-order valence-corrected chi connectivity index (χ1v) is 9.56. The number of anilines is 1. The van der Waals surface area contributed by atoms with Crippen LogP contribution in [0, 0.1) is 0 Å². The molecule has 0 saturated carbocycles. The fourth-order valence-electron chi connectivity index (χ4n) is 2.29. The average molecular weight is 364 g/mol. The summed E-state index contributed by atoms with van der Waals surface area (Å²) in [6, 6.07) is 11.2. The van der Waals surface area contributed by atoms with Gasteiger partial charge < -0.3 is 9.30 Å². The molecule has 0 atom stereocenters. The molecule has 2 aromatic carbocycles. The Labute approximate surface area is 143 Å². The van der Waals surface area contributed by atoms with Gasteiger partial charge >= 0.3 is 4.87 Å². The number of fused-ring (bicyclic) bond motifs is 1. The van der Waals surface area contributed by atoms with E-state index in [0.717, 1.165) is 21.6 Å². The Hall–Kier alpha value is -2.32. The number of rotatable bonds is 5. The van der Waals surface area contributed by atoms with Crippen molar-refractivity contribution in [2.45, 2.75) is 11.8 Å². The lowest BCUT2D eigenvalue weighted by Gasteiger charge is -2.09. The van der Waals surface area contributed by atoms with Gasteiger partial charge in [-0.25, -0.2) is 8.42 Å². The second-order valence-corrected chi connectivity index (χ2v) is 7.80. The standard InChI is InChI=1S/C16H16N2O4S2/c1-3-22-12-5-7-13(8-6-12)24(20,21)17-11-4-9-14-15(10-11)23-16(19)18(14)2/h4-10,17H,3H2,1-2H3. The molecule has 24 heavy (non-hydrogen) atoms. The van der Waals surface area contributed by atoms with Crippen LogP contribution in [0.3, 0.4) is 0 Å². The van der Waals surface area contributed by atoms with Crippen LogP contribution >= 0.6 is 11.3 Å². The van der Waals surface area contributed by atoms with Crippen LogP contribution in [0.5, 0.6) is 5.75 Å². The molecule has 1 N–H and O–H groups in total. The van der Waals surface area contributed by atoms with Gasteiger partial charge in [0.1, 0.15) is 5.75 Å². The number of nitrogens with zero attached hydrogens (tertiary/aromatic N) is 1. The lowest BCUT2D eigenvalue weighted by Crippen LogP contribution is -2.12. The first-order chi connectivity index (χ1) is 11.4. The zero-order chi connectivity index (χ0) is 17.3. The van der Waals surface area contributed by atoms with Gasteiger partial charge in [0.2, 0.25) is 0 Å². The van der Waals surface area contributed by atoms with E-state index in [1.807, 2.05) is 6.92 Å². The van der Waals surface area contributed by atoms with Crippen molar-refractivity contribution in [3.63, 3.8) is 0 Å². The summed E-state index contributed by atoms with van der Waals surface area (Å²) >= 11 is 1.08. The molecule has 3 aromatic rings. The van der Waals surface area contributed by atoms with Crippen molar-refractivity contribution >= 4 is 37.3 Å². The van der Waals surface area contributed by atoms with Crippen molar-refractivity contribution in [3.8, 4) is 5.75 Å². The maximum absolute atomic E-state index is 12.5. The molecule has 0 radical (unpaired) electrons. The van der Waals surface area contributed by atoms with E-state index in [1.165, 1.54) is 16.7 Å². The molecule has 0 spiro atoms. The SMILES string of the molecule is CCOc1ccc(S(=O)(=O)Nc2ccc3c(c2)sc(=O)n3C)cc1. The summed E-state index contributed by atoms with van der Waals surface area (Å²) in [6.07, 6.45) is 0. The lowest BCUT2D eigenvalue weighted by atomic mass is 10.3. The molecule has 1 aromatic heterocycles. The molecule has 0 aliphatic carbocycles.